The third-order valence-corrected chi connectivity index (χ3v) is 7.12. The Hall–Kier alpha value is -1.93. The van der Waals surface area contributed by atoms with Crippen LogP contribution in [0.2, 0.25) is 0 Å². The predicted octanol–water partition coefficient (Wildman–Crippen LogP) is 1.35. The van der Waals surface area contributed by atoms with Crippen LogP contribution in [-0.2, 0) is 26.0 Å². The molecule has 0 N–H and O–H groups in total. The summed E-state index contributed by atoms with van der Waals surface area (Å²) in [6.07, 6.45) is 4.87. The number of carbonyl (C=O) groups is 2. The lowest BCUT2D eigenvalue weighted by Gasteiger charge is -2.38. The maximum absolute atomic E-state index is 12.8. The van der Waals surface area contributed by atoms with Gasteiger partial charge < -0.3 is 9.80 Å². The van der Waals surface area contributed by atoms with Crippen molar-refractivity contribution >= 4 is 21.8 Å². The fraction of sp³-hybridized carbons (Fsp3) is 0.619. The molecule has 0 saturated carbocycles. The molecule has 0 aliphatic carbocycles. The van der Waals surface area contributed by atoms with Gasteiger partial charge in [-0.15, -0.1) is 0 Å². The van der Waals surface area contributed by atoms with Crippen molar-refractivity contribution in [2.24, 2.45) is 5.92 Å². The van der Waals surface area contributed by atoms with E-state index in [1.54, 1.807) is 4.90 Å². The molecule has 2 aliphatic rings. The molecule has 29 heavy (non-hydrogen) atoms. The molecular formula is C21H31N3O4S. The summed E-state index contributed by atoms with van der Waals surface area (Å²) in [6.45, 7) is 2.93. The first-order valence-electron chi connectivity index (χ1n) is 10.4. The second kappa shape index (κ2) is 9.71. The van der Waals surface area contributed by atoms with E-state index in [0.29, 0.717) is 45.6 Å². The van der Waals surface area contributed by atoms with E-state index < -0.39 is 10.0 Å². The molecule has 3 rings (SSSR count). The first-order chi connectivity index (χ1) is 13.8. The number of amides is 2. The van der Waals surface area contributed by atoms with Gasteiger partial charge in [0.1, 0.15) is 0 Å². The fourth-order valence-corrected chi connectivity index (χ4v) is 5.04. The third-order valence-electron chi connectivity index (χ3n) is 5.85. The number of piperazine rings is 1. The van der Waals surface area contributed by atoms with E-state index in [-0.39, 0.29) is 24.3 Å². The lowest BCUT2D eigenvalue weighted by molar-refractivity contribution is -0.143. The van der Waals surface area contributed by atoms with Crippen LogP contribution in [0.3, 0.4) is 0 Å². The lowest BCUT2D eigenvalue weighted by Crippen LogP contribution is -2.54. The number of sulfonamides is 1. The number of nitrogens with zero attached hydrogens (tertiary/aromatic N) is 3. The first-order valence-corrected chi connectivity index (χ1v) is 12.2. The first kappa shape index (κ1) is 21.8. The molecule has 1 unspecified atom stereocenters. The average Bonchev–Trinajstić information content (AvgIpc) is 2.73. The number of hydrogen-bond donors (Lipinski definition) is 0. The van der Waals surface area contributed by atoms with Crippen molar-refractivity contribution in [1.82, 2.24) is 14.1 Å². The maximum atomic E-state index is 12.8. The zero-order chi connectivity index (χ0) is 20.9. The van der Waals surface area contributed by atoms with Crippen molar-refractivity contribution in [3.63, 3.8) is 0 Å². The number of hydrogen-bond acceptors (Lipinski definition) is 4. The van der Waals surface area contributed by atoms with Gasteiger partial charge in [-0.3, -0.25) is 9.59 Å². The van der Waals surface area contributed by atoms with Crippen molar-refractivity contribution < 1.29 is 18.0 Å². The Labute approximate surface area is 173 Å². The number of piperidine rings is 1. The molecule has 1 aromatic rings. The molecule has 7 nitrogen and oxygen atoms in total. The Balaban J connectivity index is 1.42. The molecule has 2 saturated heterocycles. The molecule has 1 aromatic carbocycles. The van der Waals surface area contributed by atoms with Gasteiger partial charge in [-0.1, -0.05) is 30.3 Å². The number of rotatable bonds is 6. The largest absolute Gasteiger partial charge is 0.339 e. The van der Waals surface area contributed by atoms with E-state index in [1.807, 2.05) is 23.1 Å². The van der Waals surface area contributed by atoms with E-state index >= 15 is 0 Å². The quantitative estimate of drug-likeness (QED) is 0.695. The third kappa shape index (κ3) is 6.02. The van der Waals surface area contributed by atoms with E-state index in [9.17, 15) is 18.0 Å². The van der Waals surface area contributed by atoms with E-state index in [4.69, 9.17) is 0 Å². The summed E-state index contributed by atoms with van der Waals surface area (Å²) < 4.78 is 25.0. The van der Waals surface area contributed by atoms with Gasteiger partial charge in [0.05, 0.1) is 12.2 Å². The molecule has 1 atom stereocenters. The van der Waals surface area contributed by atoms with Gasteiger partial charge in [-0.2, -0.15) is 0 Å². The highest BCUT2D eigenvalue weighted by Gasteiger charge is 2.34. The zero-order valence-corrected chi connectivity index (χ0v) is 17.9. The summed E-state index contributed by atoms with van der Waals surface area (Å²) in [5, 5.41) is 0. The molecule has 0 bridgehead atoms. The Morgan fingerprint density at radius 1 is 1.00 bits per heavy atom. The van der Waals surface area contributed by atoms with E-state index in [1.165, 1.54) is 16.1 Å². The van der Waals surface area contributed by atoms with Crippen LogP contribution in [-0.4, -0.2) is 79.9 Å². The molecule has 0 radical (unpaired) electrons. The van der Waals surface area contributed by atoms with Crippen molar-refractivity contribution in [3.8, 4) is 0 Å². The lowest BCUT2D eigenvalue weighted by atomic mass is 9.97. The molecule has 8 heteroatoms. The van der Waals surface area contributed by atoms with Crippen LogP contribution in [0.4, 0.5) is 0 Å². The van der Waals surface area contributed by atoms with Gasteiger partial charge in [0.15, 0.2) is 0 Å². The second-order valence-corrected chi connectivity index (χ2v) is 9.99. The zero-order valence-electron chi connectivity index (χ0n) is 17.1. The standard InChI is InChI=1S/C21H31N3O4S/c1-29(27,28)24-12-6-10-19(17-24)21(26)23-15-13-22(14-16-23)20(25)11-5-9-18-7-3-2-4-8-18/h2-4,7-8,19H,5-6,9-17H2,1H3. The van der Waals surface area contributed by atoms with Gasteiger partial charge >= 0.3 is 0 Å². The van der Waals surface area contributed by atoms with Gasteiger partial charge in [-0.05, 0) is 31.2 Å². The number of aryl methyl sites for hydroxylation is 1. The highest BCUT2D eigenvalue weighted by Crippen LogP contribution is 2.21. The second-order valence-electron chi connectivity index (χ2n) is 8.01. The van der Waals surface area contributed by atoms with Crippen LogP contribution in [0.1, 0.15) is 31.2 Å². The fourth-order valence-electron chi connectivity index (χ4n) is 4.13. The van der Waals surface area contributed by atoms with Gasteiger partial charge in [0, 0.05) is 45.7 Å². The minimum atomic E-state index is -3.26. The van der Waals surface area contributed by atoms with Crippen LogP contribution in [0.5, 0.6) is 0 Å². The Morgan fingerprint density at radius 3 is 2.31 bits per heavy atom. The minimum Gasteiger partial charge on any atom is -0.339 e. The highest BCUT2D eigenvalue weighted by molar-refractivity contribution is 7.88. The molecule has 0 spiro atoms. The van der Waals surface area contributed by atoms with Crippen LogP contribution in [0.25, 0.3) is 0 Å². The summed E-state index contributed by atoms with van der Waals surface area (Å²) in [5.41, 5.74) is 1.24. The smallest absolute Gasteiger partial charge is 0.227 e. The number of carbonyl (C=O) groups excluding carboxylic acids is 2. The van der Waals surface area contributed by atoms with Gasteiger partial charge in [0.2, 0.25) is 21.8 Å². The molecule has 2 amide bonds. The Bertz CT molecular complexity index is 804. The van der Waals surface area contributed by atoms with Crippen LogP contribution < -0.4 is 0 Å². The van der Waals surface area contributed by atoms with Crippen molar-refractivity contribution in [1.29, 1.82) is 0 Å². The molecular weight excluding hydrogens is 390 g/mol. The highest BCUT2D eigenvalue weighted by atomic mass is 32.2. The minimum absolute atomic E-state index is 0.0227. The SMILES string of the molecule is CS(=O)(=O)N1CCCC(C(=O)N2CCN(C(=O)CCCc3ccccc3)CC2)C1. The van der Waals surface area contributed by atoms with E-state index in [0.717, 1.165) is 19.3 Å². The van der Waals surface area contributed by atoms with Gasteiger partial charge in [-0.25, -0.2) is 12.7 Å². The molecule has 160 valence electrons. The Kier molecular flexibility index (Phi) is 7.29. The van der Waals surface area contributed by atoms with Crippen molar-refractivity contribution in [3.05, 3.63) is 35.9 Å². The predicted molar refractivity (Wildman–Crippen MR) is 112 cm³/mol. The summed E-state index contributed by atoms with van der Waals surface area (Å²) in [5.74, 6) is -0.102. The summed E-state index contributed by atoms with van der Waals surface area (Å²) >= 11 is 0. The molecule has 2 fully saturated rings. The Morgan fingerprint density at radius 2 is 1.66 bits per heavy atom. The normalized spacial score (nSPS) is 21.2. The van der Waals surface area contributed by atoms with Gasteiger partial charge in [0.25, 0.3) is 0 Å². The maximum Gasteiger partial charge on any atom is 0.227 e. The van der Waals surface area contributed by atoms with Crippen molar-refractivity contribution in [2.45, 2.75) is 32.1 Å². The van der Waals surface area contributed by atoms with Crippen LogP contribution >= 0.6 is 0 Å². The van der Waals surface area contributed by atoms with Crippen LogP contribution in [0, 0.1) is 5.92 Å². The van der Waals surface area contributed by atoms with Crippen LogP contribution in [0.15, 0.2) is 30.3 Å². The summed E-state index contributed by atoms with van der Waals surface area (Å²) in [6, 6.07) is 10.2. The summed E-state index contributed by atoms with van der Waals surface area (Å²) in [7, 11) is -3.26. The monoisotopic (exact) mass is 421 g/mol. The van der Waals surface area contributed by atoms with Crippen molar-refractivity contribution in [2.75, 3.05) is 45.5 Å². The average molecular weight is 422 g/mol. The topological polar surface area (TPSA) is 78.0 Å². The molecule has 2 heterocycles. The molecule has 0 aromatic heterocycles. The summed E-state index contributed by atoms with van der Waals surface area (Å²) in [4.78, 5) is 28.9. The number of benzene rings is 1. The molecule has 2 aliphatic heterocycles. The van der Waals surface area contributed by atoms with E-state index in [2.05, 4.69) is 12.1 Å².